The number of amides is 5. The molecule has 0 radical (unpaired) electrons. The maximum absolute atomic E-state index is 12.9. The Morgan fingerprint density at radius 2 is 0.745 bits per heavy atom. The number of nitrogens with two attached hydrogens (primary N) is 4. The van der Waals surface area contributed by atoms with Crippen LogP contribution in [0.1, 0.15) is 90.4 Å². The van der Waals surface area contributed by atoms with Crippen LogP contribution in [0.2, 0.25) is 0 Å². The second-order valence-electron chi connectivity index (χ2n) is 11.5. The SMILES string of the molecule is CCC(=O)CCC(=O)N(CCCNC(=O)CCC(=O)N(CCCN)CCCN)CCCNC(=O)CCC(=O)N(CCCN)CCCN. The Morgan fingerprint density at radius 3 is 1.04 bits per heavy atom. The summed E-state index contributed by atoms with van der Waals surface area (Å²) in [5.74, 6) is -0.852. The van der Waals surface area contributed by atoms with Gasteiger partial charge in [-0.25, -0.2) is 0 Å². The quantitative estimate of drug-likeness (QED) is 0.0520. The summed E-state index contributed by atoms with van der Waals surface area (Å²) >= 11 is 0. The fourth-order valence-corrected chi connectivity index (χ4v) is 4.72. The molecule has 5 amide bonds. The molecule has 0 atom stereocenters. The van der Waals surface area contributed by atoms with Crippen molar-refractivity contribution in [3.8, 4) is 0 Å². The molecule has 0 heterocycles. The first-order valence-electron chi connectivity index (χ1n) is 17.3. The number of hydrogen-bond donors (Lipinski definition) is 6. The summed E-state index contributed by atoms with van der Waals surface area (Å²) in [5, 5.41) is 5.62. The molecular weight excluding hydrogens is 606 g/mol. The van der Waals surface area contributed by atoms with Crippen LogP contribution in [-0.2, 0) is 28.8 Å². The first kappa shape index (κ1) is 43.9. The molecule has 0 aliphatic carbocycles. The van der Waals surface area contributed by atoms with Crippen molar-refractivity contribution in [3.05, 3.63) is 0 Å². The Hall–Kier alpha value is -3.14. The summed E-state index contributed by atoms with van der Waals surface area (Å²) in [5.41, 5.74) is 22.3. The minimum absolute atomic E-state index is 0.0103. The van der Waals surface area contributed by atoms with Crippen molar-refractivity contribution in [3.63, 3.8) is 0 Å². The Balaban J connectivity index is 4.71. The topological polar surface area (TPSA) is 240 Å². The molecule has 0 bridgehead atoms. The van der Waals surface area contributed by atoms with Crippen molar-refractivity contribution in [2.75, 3.05) is 78.5 Å². The van der Waals surface area contributed by atoms with Gasteiger partial charge in [0, 0.05) is 97.3 Å². The highest BCUT2D eigenvalue weighted by atomic mass is 16.2. The number of ketones is 1. The molecule has 0 saturated heterocycles. The van der Waals surface area contributed by atoms with Crippen molar-refractivity contribution in [1.29, 1.82) is 0 Å². The summed E-state index contributed by atoms with van der Waals surface area (Å²) < 4.78 is 0. The Labute approximate surface area is 281 Å². The predicted molar refractivity (Wildman–Crippen MR) is 183 cm³/mol. The molecule has 47 heavy (non-hydrogen) atoms. The van der Waals surface area contributed by atoms with Crippen molar-refractivity contribution in [2.24, 2.45) is 22.9 Å². The summed E-state index contributed by atoms with van der Waals surface area (Å²) in [4.78, 5) is 79.6. The van der Waals surface area contributed by atoms with Gasteiger partial charge in [0.25, 0.3) is 0 Å². The van der Waals surface area contributed by atoms with E-state index in [1.165, 1.54) is 0 Å². The van der Waals surface area contributed by atoms with Gasteiger partial charge in [-0.3, -0.25) is 28.8 Å². The monoisotopic (exact) mass is 669 g/mol. The summed E-state index contributed by atoms with van der Waals surface area (Å²) in [6, 6.07) is 0. The third-order valence-corrected chi connectivity index (χ3v) is 7.58. The smallest absolute Gasteiger partial charge is 0.223 e. The lowest BCUT2D eigenvalue weighted by molar-refractivity contribution is -0.134. The molecule has 15 heteroatoms. The molecule has 0 rings (SSSR count). The van der Waals surface area contributed by atoms with Gasteiger partial charge in [-0.05, 0) is 64.7 Å². The van der Waals surface area contributed by atoms with Crippen molar-refractivity contribution < 1.29 is 28.8 Å². The highest BCUT2D eigenvalue weighted by Crippen LogP contribution is 2.05. The van der Waals surface area contributed by atoms with Gasteiger partial charge in [0.15, 0.2) is 0 Å². The number of hydrogen-bond acceptors (Lipinski definition) is 10. The van der Waals surface area contributed by atoms with Crippen LogP contribution >= 0.6 is 0 Å². The summed E-state index contributed by atoms with van der Waals surface area (Å²) in [6.07, 6.45) is 4.67. The van der Waals surface area contributed by atoms with E-state index in [0.29, 0.717) is 123 Å². The van der Waals surface area contributed by atoms with E-state index in [4.69, 9.17) is 22.9 Å². The van der Waals surface area contributed by atoms with E-state index >= 15 is 0 Å². The number of Topliss-reactive ketones (excluding diaryl/α,β-unsaturated/α-hetero) is 1. The van der Waals surface area contributed by atoms with Crippen LogP contribution in [-0.4, -0.2) is 129 Å². The van der Waals surface area contributed by atoms with Crippen molar-refractivity contribution in [1.82, 2.24) is 25.3 Å². The lowest BCUT2D eigenvalue weighted by atomic mass is 10.1. The fourth-order valence-electron chi connectivity index (χ4n) is 4.72. The minimum Gasteiger partial charge on any atom is -0.356 e. The van der Waals surface area contributed by atoms with Gasteiger partial charge in [0.1, 0.15) is 5.78 Å². The van der Waals surface area contributed by atoms with Crippen LogP contribution in [0.5, 0.6) is 0 Å². The molecule has 15 nitrogen and oxygen atoms in total. The third kappa shape index (κ3) is 22.9. The van der Waals surface area contributed by atoms with Gasteiger partial charge in [-0.2, -0.15) is 0 Å². The number of carbonyl (C=O) groups is 6. The van der Waals surface area contributed by atoms with Gasteiger partial charge in [0.2, 0.25) is 29.5 Å². The molecule has 0 saturated carbocycles. The molecule has 0 spiro atoms. The van der Waals surface area contributed by atoms with Gasteiger partial charge in [-0.15, -0.1) is 0 Å². The van der Waals surface area contributed by atoms with Crippen LogP contribution in [0.4, 0.5) is 0 Å². The van der Waals surface area contributed by atoms with Gasteiger partial charge in [0.05, 0.1) is 0 Å². The lowest BCUT2D eigenvalue weighted by Crippen LogP contribution is -2.37. The number of carbonyl (C=O) groups excluding carboxylic acids is 6. The fraction of sp³-hybridized carbons (Fsp3) is 0.812. The van der Waals surface area contributed by atoms with E-state index in [2.05, 4.69) is 10.6 Å². The summed E-state index contributed by atoms with van der Waals surface area (Å²) in [7, 11) is 0. The van der Waals surface area contributed by atoms with Gasteiger partial charge >= 0.3 is 0 Å². The average molecular weight is 670 g/mol. The van der Waals surface area contributed by atoms with Crippen LogP contribution in [0.25, 0.3) is 0 Å². The second kappa shape index (κ2) is 29.0. The number of rotatable bonds is 30. The maximum Gasteiger partial charge on any atom is 0.223 e. The molecule has 0 aliphatic rings. The molecule has 0 unspecified atom stereocenters. The van der Waals surface area contributed by atoms with E-state index in [-0.39, 0.29) is 73.8 Å². The first-order valence-corrected chi connectivity index (χ1v) is 17.3. The number of nitrogens with one attached hydrogen (secondary N) is 2. The standard InChI is InChI=1S/C32H63N9O6/c1-2-27(42)9-12-30(45)41(25-7-19-37-28(43)10-13-31(46)39(21-3-15-33)22-4-16-34)26-8-20-38-29(44)11-14-32(47)40(23-5-17-35)24-6-18-36/h2-26,33-36H2,1H3,(H,37,43)(H,38,44). The van der Waals surface area contributed by atoms with Gasteiger partial charge < -0.3 is 48.3 Å². The summed E-state index contributed by atoms with van der Waals surface area (Å²) in [6.45, 7) is 7.21. The first-order chi connectivity index (χ1) is 22.6. The van der Waals surface area contributed by atoms with E-state index in [9.17, 15) is 28.8 Å². The van der Waals surface area contributed by atoms with Crippen LogP contribution < -0.4 is 33.6 Å². The molecule has 10 N–H and O–H groups in total. The Kier molecular flexibility index (Phi) is 27.1. The molecular formula is C32H63N9O6. The van der Waals surface area contributed by atoms with Gasteiger partial charge in [-0.1, -0.05) is 6.92 Å². The third-order valence-electron chi connectivity index (χ3n) is 7.58. The average Bonchev–Trinajstić information content (AvgIpc) is 3.07. The van der Waals surface area contributed by atoms with Crippen LogP contribution in [0, 0.1) is 0 Å². The van der Waals surface area contributed by atoms with E-state index in [1.807, 2.05) is 0 Å². The van der Waals surface area contributed by atoms with E-state index in [0.717, 1.165) is 0 Å². The van der Waals surface area contributed by atoms with Crippen molar-refractivity contribution >= 4 is 35.3 Å². The lowest BCUT2D eigenvalue weighted by Gasteiger charge is -2.23. The van der Waals surface area contributed by atoms with Crippen LogP contribution in [0.15, 0.2) is 0 Å². The van der Waals surface area contributed by atoms with E-state index < -0.39 is 0 Å². The molecule has 0 fully saturated rings. The zero-order chi connectivity index (χ0) is 35.3. The van der Waals surface area contributed by atoms with Crippen molar-refractivity contribution in [2.45, 2.75) is 90.4 Å². The normalized spacial score (nSPS) is 10.7. The largest absolute Gasteiger partial charge is 0.356 e. The Morgan fingerprint density at radius 1 is 0.447 bits per heavy atom. The maximum atomic E-state index is 12.9. The second-order valence-corrected chi connectivity index (χ2v) is 11.5. The highest BCUT2D eigenvalue weighted by molar-refractivity contribution is 5.85. The zero-order valence-corrected chi connectivity index (χ0v) is 28.8. The molecule has 0 aromatic carbocycles. The van der Waals surface area contributed by atoms with Crippen LogP contribution in [0.3, 0.4) is 0 Å². The predicted octanol–water partition coefficient (Wildman–Crippen LogP) is -0.800. The number of nitrogens with zero attached hydrogens (tertiary/aromatic N) is 3. The minimum atomic E-state index is -0.245. The molecule has 0 aromatic rings. The van der Waals surface area contributed by atoms with E-state index in [1.54, 1.807) is 21.6 Å². The highest BCUT2D eigenvalue weighted by Gasteiger charge is 2.17. The molecule has 0 aliphatic heterocycles. The Bertz CT molecular complexity index is 849. The molecule has 0 aromatic heterocycles. The zero-order valence-electron chi connectivity index (χ0n) is 28.8. The molecule has 272 valence electrons.